The van der Waals surface area contributed by atoms with Gasteiger partial charge in [-0.05, 0) is 38.1 Å². The van der Waals surface area contributed by atoms with Crippen molar-refractivity contribution in [2.75, 3.05) is 24.3 Å². The highest BCUT2D eigenvalue weighted by atomic mass is 16.5. The van der Waals surface area contributed by atoms with Crippen molar-refractivity contribution in [3.8, 4) is 5.75 Å². The van der Waals surface area contributed by atoms with Gasteiger partial charge in [0.1, 0.15) is 11.6 Å². The Balaban J connectivity index is 2.17. The SMILES string of the molecule is CCNc1nc(C)cc(Nc2ccc(OC)cc2)n1. The lowest BCUT2D eigenvalue weighted by Crippen LogP contribution is -2.05. The molecule has 1 aromatic carbocycles. The number of ether oxygens (including phenoxy) is 1. The predicted molar refractivity (Wildman–Crippen MR) is 77.2 cm³/mol. The van der Waals surface area contributed by atoms with Gasteiger partial charge in [0.2, 0.25) is 5.95 Å². The molecule has 0 aliphatic heterocycles. The lowest BCUT2D eigenvalue weighted by atomic mass is 10.3. The van der Waals surface area contributed by atoms with Crippen LogP contribution in [0.15, 0.2) is 30.3 Å². The van der Waals surface area contributed by atoms with Gasteiger partial charge in [0.15, 0.2) is 0 Å². The number of hydrogen-bond donors (Lipinski definition) is 2. The van der Waals surface area contributed by atoms with Crippen molar-refractivity contribution in [3.63, 3.8) is 0 Å². The van der Waals surface area contributed by atoms with E-state index in [1.807, 2.05) is 44.2 Å². The molecule has 0 radical (unpaired) electrons. The Bertz CT molecular complexity index is 540. The third-order valence-corrected chi connectivity index (χ3v) is 2.55. The van der Waals surface area contributed by atoms with Crippen LogP contribution in [0.5, 0.6) is 5.75 Å². The Labute approximate surface area is 113 Å². The van der Waals surface area contributed by atoms with E-state index in [-0.39, 0.29) is 0 Å². The van der Waals surface area contributed by atoms with Crippen LogP contribution in [-0.4, -0.2) is 23.6 Å². The zero-order chi connectivity index (χ0) is 13.7. The van der Waals surface area contributed by atoms with Gasteiger partial charge in [-0.2, -0.15) is 4.98 Å². The van der Waals surface area contributed by atoms with Gasteiger partial charge in [-0.25, -0.2) is 4.98 Å². The summed E-state index contributed by atoms with van der Waals surface area (Å²) < 4.78 is 5.13. The van der Waals surface area contributed by atoms with Crippen molar-refractivity contribution in [2.24, 2.45) is 0 Å². The normalized spacial score (nSPS) is 10.1. The maximum absolute atomic E-state index is 5.13. The number of hydrogen-bond acceptors (Lipinski definition) is 5. The van der Waals surface area contributed by atoms with E-state index in [1.165, 1.54) is 0 Å². The molecule has 19 heavy (non-hydrogen) atoms. The molecular weight excluding hydrogens is 240 g/mol. The van der Waals surface area contributed by atoms with Gasteiger partial charge in [0, 0.05) is 24.0 Å². The molecule has 1 aromatic heterocycles. The monoisotopic (exact) mass is 258 g/mol. The summed E-state index contributed by atoms with van der Waals surface area (Å²) in [6.45, 7) is 4.76. The van der Waals surface area contributed by atoms with Crippen LogP contribution in [0.3, 0.4) is 0 Å². The smallest absolute Gasteiger partial charge is 0.224 e. The lowest BCUT2D eigenvalue weighted by molar-refractivity contribution is 0.415. The Hall–Kier alpha value is -2.30. The van der Waals surface area contributed by atoms with Crippen molar-refractivity contribution in [1.82, 2.24) is 9.97 Å². The lowest BCUT2D eigenvalue weighted by Gasteiger charge is -2.09. The Morgan fingerprint density at radius 3 is 2.53 bits per heavy atom. The quantitative estimate of drug-likeness (QED) is 0.863. The number of anilines is 3. The second-order valence-corrected chi connectivity index (χ2v) is 4.10. The van der Waals surface area contributed by atoms with Crippen LogP contribution in [0.2, 0.25) is 0 Å². The fourth-order valence-corrected chi connectivity index (χ4v) is 1.69. The van der Waals surface area contributed by atoms with Crippen LogP contribution in [-0.2, 0) is 0 Å². The predicted octanol–water partition coefficient (Wildman–Crippen LogP) is 2.97. The van der Waals surface area contributed by atoms with Crippen molar-refractivity contribution < 1.29 is 4.74 Å². The minimum absolute atomic E-state index is 0.638. The van der Waals surface area contributed by atoms with Gasteiger partial charge in [0.25, 0.3) is 0 Å². The molecule has 0 unspecified atom stereocenters. The summed E-state index contributed by atoms with van der Waals surface area (Å²) in [5.74, 6) is 2.24. The molecule has 5 heteroatoms. The molecule has 0 saturated heterocycles. The highest BCUT2D eigenvalue weighted by molar-refractivity contribution is 5.58. The highest BCUT2D eigenvalue weighted by Gasteiger charge is 2.02. The average Bonchev–Trinajstić information content (AvgIpc) is 2.39. The Morgan fingerprint density at radius 1 is 1.16 bits per heavy atom. The molecule has 0 atom stereocenters. The molecule has 0 bridgehead atoms. The Kier molecular flexibility index (Phi) is 4.18. The molecule has 0 aliphatic rings. The van der Waals surface area contributed by atoms with Gasteiger partial charge < -0.3 is 15.4 Å². The topological polar surface area (TPSA) is 59.1 Å². The molecule has 0 amide bonds. The van der Waals surface area contributed by atoms with Crippen molar-refractivity contribution in [2.45, 2.75) is 13.8 Å². The van der Waals surface area contributed by atoms with Crippen LogP contribution in [0.4, 0.5) is 17.5 Å². The molecule has 2 aromatic rings. The maximum atomic E-state index is 5.13. The van der Waals surface area contributed by atoms with E-state index in [4.69, 9.17) is 4.74 Å². The zero-order valence-corrected chi connectivity index (χ0v) is 11.4. The van der Waals surface area contributed by atoms with Gasteiger partial charge >= 0.3 is 0 Å². The minimum Gasteiger partial charge on any atom is -0.497 e. The third-order valence-electron chi connectivity index (χ3n) is 2.55. The number of methoxy groups -OCH3 is 1. The molecule has 0 fully saturated rings. The van der Waals surface area contributed by atoms with Crippen LogP contribution < -0.4 is 15.4 Å². The molecule has 100 valence electrons. The van der Waals surface area contributed by atoms with Crippen LogP contribution in [0, 0.1) is 6.92 Å². The molecule has 0 aliphatic carbocycles. The van der Waals surface area contributed by atoms with E-state index in [0.29, 0.717) is 5.95 Å². The average molecular weight is 258 g/mol. The summed E-state index contributed by atoms with van der Waals surface area (Å²) in [7, 11) is 1.65. The first-order chi connectivity index (χ1) is 9.21. The van der Waals surface area contributed by atoms with Crippen LogP contribution in [0.1, 0.15) is 12.6 Å². The fraction of sp³-hybridized carbons (Fsp3) is 0.286. The number of benzene rings is 1. The zero-order valence-electron chi connectivity index (χ0n) is 11.4. The second kappa shape index (κ2) is 6.04. The van der Waals surface area contributed by atoms with Gasteiger partial charge in [0.05, 0.1) is 7.11 Å². The van der Waals surface area contributed by atoms with Crippen LogP contribution in [0.25, 0.3) is 0 Å². The first kappa shape index (κ1) is 13.1. The van der Waals surface area contributed by atoms with E-state index >= 15 is 0 Å². The molecule has 0 spiro atoms. The summed E-state index contributed by atoms with van der Waals surface area (Å²) in [4.78, 5) is 8.71. The van der Waals surface area contributed by atoms with Crippen molar-refractivity contribution in [3.05, 3.63) is 36.0 Å². The van der Waals surface area contributed by atoms with E-state index < -0.39 is 0 Å². The second-order valence-electron chi connectivity index (χ2n) is 4.10. The summed E-state index contributed by atoms with van der Waals surface area (Å²) in [6.07, 6.45) is 0. The number of nitrogens with zero attached hydrogens (tertiary/aromatic N) is 2. The first-order valence-corrected chi connectivity index (χ1v) is 6.22. The number of rotatable bonds is 5. The van der Waals surface area contributed by atoms with E-state index in [9.17, 15) is 0 Å². The summed E-state index contributed by atoms with van der Waals surface area (Å²) in [5, 5.41) is 6.36. The molecule has 2 N–H and O–H groups in total. The van der Waals surface area contributed by atoms with Gasteiger partial charge in [-0.3, -0.25) is 0 Å². The van der Waals surface area contributed by atoms with E-state index in [0.717, 1.165) is 29.5 Å². The molecular formula is C14H18N4O. The standard InChI is InChI=1S/C14H18N4O/c1-4-15-14-16-10(2)9-13(18-14)17-11-5-7-12(19-3)8-6-11/h5-9H,4H2,1-3H3,(H2,15,16,17,18). The number of nitrogens with one attached hydrogen (secondary N) is 2. The number of aromatic nitrogens is 2. The van der Waals surface area contributed by atoms with Gasteiger partial charge in [-0.1, -0.05) is 0 Å². The molecule has 5 nitrogen and oxygen atoms in total. The van der Waals surface area contributed by atoms with Crippen molar-refractivity contribution >= 4 is 17.5 Å². The van der Waals surface area contributed by atoms with Crippen molar-refractivity contribution in [1.29, 1.82) is 0 Å². The maximum Gasteiger partial charge on any atom is 0.224 e. The van der Waals surface area contributed by atoms with E-state index in [2.05, 4.69) is 20.6 Å². The largest absolute Gasteiger partial charge is 0.497 e. The van der Waals surface area contributed by atoms with Gasteiger partial charge in [-0.15, -0.1) is 0 Å². The third kappa shape index (κ3) is 3.58. The summed E-state index contributed by atoms with van der Waals surface area (Å²) >= 11 is 0. The van der Waals surface area contributed by atoms with E-state index in [1.54, 1.807) is 7.11 Å². The Morgan fingerprint density at radius 2 is 1.89 bits per heavy atom. The first-order valence-electron chi connectivity index (χ1n) is 6.22. The van der Waals surface area contributed by atoms with Crippen LogP contribution >= 0.6 is 0 Å². The summed E-state index contributed by atoms with van der Waals surface area (Å²) in [5.41, 5.74) is 1.88. The minimum atomic E-state index is 0.638. The molecule has 2 rings (SSSR count). The fourth-order valence-electron chi connectivity index (χ4n) is 1.69. The molecule has 1 heterocycles. The summed E-state index contributed by atoms with van der Waals surface area (Å²) in [6, 6.07) is 9.61. The highest BCUT2D eigenvalue weighted by Crippen LogP contribution is 2.19. The molecule has 0 saturated carbocycles. The number of aryl methyl sites for hydroxylation is 1.